The SMILES string of the molecule is CC1=CC(c2cc(OC3CCN([SH+]C4CC4)CC3)c3cnccc3c2)CC=C1. The summed E-state index contributed by atoms with van der Waals surface area (Å²) < 4.78 is 9.19. The van der Waals surface area contributed by atoms with E-state index in [4.69, 9.17) is 4.74 Å². The van der Waals surface area contributed by atoms with Crippen molar-refractivity contribution in [2.24, 2.45) is 0 Å². The Morgan fingerprint density at radius 2 is 2.00 bits per heavy atom. The Bertz CT molecular complexity index is 910. The average molecular weight is 394 g/mol. The summed E-state index contributed by atoms with van der Waals surface area (Å²) in [6, 6.07) is 6.69. The molecule has 1 saturated heterocycles. The number of fused-ring (bicyclic) bond motifs is 1. The van der Waals surface area contributed by atoms with Crippen LogP contribution in [0.5, 0.6) is 5.75 Å². The van der Waals surface area contributed by atoms with Crippen LogP contribution in [0.4, 0.5) is 0 Å². The number of rotatable bonds is 5. The zero-order chi connectivity index (χ0) is 18.9. The van der Waals surface area contributed by atoms with Crippen LogP contribution in [0.2, 0.25) is 0 Å². The molecule has 0 bridgehead atoms. The van der Waals surface area contributed by atoms with E-state index in [-0.39, 0.29) is 0 Å². The minimum Gasteiger partial charge on any atom is -0.490 e. The molecule has 1 aromatic heterocycles. The Morgan fingerprint density at radius 3 is 2.79 bits per heavy atom. The molecule has 1 unspecified atom stereocenters. The molecule has 0 N–H and O–H groups in total. The summed E-state index contributed by atoms with van der Waals surface area (Å²) in [5.74, 6) is 1.45. The van der Waals surface area contributed by atoms with Crippen molar-refractivity contribution in [3.63, 3.8) is 0 Å². The number of pyridine rings is 1. The van der Waals surface area contributed by atoms with E-state index in [1.165, 1.54) is 29.4 Å². The average Bonchev–Trinajstić information content (AvgIpc) is 3.53. The number of nitrogens with zero attached hydrogens (tertiary/aromatic N) is 2. The quantitative estimate of drug-likeness (QED) is 0.530. The van der Waals surface area contributed by atoms with E-state index in [2.05, 4.69) is 52.6 Å². The summed E-state index contributed by atoms with van der Waals surface area (Å²) in [5.41, 5.74) is 2.69. The van der Waals surface area contributed by atoms with Crippen molar-refractivity contribution in [3.05, 3.63) is 60.0 Å². The molecule has 2 aliphatic carbocycles. The van der Waals surface area contributed by atoms with Gasteiger partial charge in [0, 0.05) is 62.5 Å². The number of aromatic nitrogens is 1. The van der Waals surface area contributed by atoms with Gasteiger partial charge in [-0.15, -0.1) is 4.31 Å². The molecule has 1 aliphatic heterocycles. The lowest BCUT2D eigenvalue weighted by molar-refractivity contribution is 0.140. The summed E-state index contributed by atoms with van der Waals surface area (Å²) in [5, 5.41) is 3.31. The Kier molecular flexibility index (Phi) is 5.17. The minimum absolute atomic E-state index is 0.313. The first kappa shape index (κ1) is 18.3. The zero-order valence-corrected chi connectivity index (χ0v) is 17.4. The van der Waals surface area contributed by atoms with Gasteiger partial charge in [0.2, 0.25) is 0 Å². The lowest BCUT2D eigenvalue weighted by Crippen LogP contribution is -2.38. The van der Waals surface area contributed by atoms with Crippen LogP contribution in [0.25, 0.3) is 10.8 Å². The van der Waals surface area contributed by atoms with Crippen molar-refractivity contribution in [1.29, 1.82) is 0 Å². The highest BCUT2D eigenvalue weighted by atomic mass is 32.2. The normalized spacial score (nSPS) is 23.8. The molecule has 0 spiro atoms. The third kappa shape index (κ3) is 4.13. The Balaban J connectivity index is 1.36. The molecule has 146 valence electrons. The maximum atomic E-state index is 6.59. The summed E-state index contributed by atoms with van der Waals surface area (Å²) in [6.07, 6.45) is 17.2. The zero-order valence-electron chi connectivity index (χ0n) is 16.6. The number of hydrogen-bond acceptors (Lipinski definition) is 3. The molecule has 5 rings (SSSR count). The molecule has 2 aromatic rings. The molecular formula is C24H29N2OS+. The van der Waals surface area contributed by atoms with E-state index in [1.54, 1.807) is 11.9 Å². The second-order valence-electron chi connectivity index (χ2n) is 8.39. The molecule has 3 nitrogen and oxygen atoms in total. The van der Waals surface area contributed by atoms with Crippen LogP contribution in [0, 0.1) is 0 Å². The molecule has 1 saturated carbocycles. The predicted octanol–water partition coefficient (Wildman–Crippen LogP) is 4.96. The van der Waals surface area contributed by atoms with Crippen LogP contribution in [0.3, 0.4) is 0 Å². The van der Waals surface area contributed by atoms with Gasteiger partial charge in [0.15, 0.2) is 0 Å². The Hall–Kier alpha value is -1.78. The van der Waals surface area contributed by atoms with Crippen molar-refractivity contribution in [3.8, 4) is 5.75 Å². The van der Waals surface area contributed by atoms with Crippen molar-refractivity contribution < 1.29 is 4.74 Å². The van der Waals surface area contributed by atoms with Gasteiger partial charge in [0.25, 0.3) is 0 Å². The van der Waals surface area contributed by atoms with Crippen molar-refractivity contribution in [2.45, 2.75) is 56.3 Å². The van der Waals surface area contributed by atoms with Gasteiger partial charge in [-0.05, 0) is 36.4 Å². The lowest BCUT2D eigenvalue weighted by Gasteiger charge is -2.28. The van der Waals surface area contributed by atoms with Crippen LogP contribution in [0.1, 0.15) is 50.5 Å². The number of hydrogen-bond donors (Lipinski definition) is 0. The van der Waals surface area contributed by atoms with E-state index in [1.807, 2.05) is 12.4 Å². The number of thiol groups is 1. The van der Waals surface area contributed by atoms with Crippen LogP contribution in [-0.4, -0.2) is 33.7 Å². The van der Waals surface area contributed by atoms with E-state index < -0.39 is 0 Å². The van der Waals surface area contributed by atoms with Gasteiger partial charge in [0.05, 0.1) is 11.9 Å². The second kappa shape index (κ2) is 7.92. The van der Waals surface area contributed by atoms with Gasteiger partial charge in [-0.2, -0.15) is 0 Å². The van der Waals surface area contributed by atoms with Gasteiger partial charge < -0.3 is 4.74 Å². The molecule has 0 radical (unpaired) electrons. The van der Waals surface area contributed by atoms with Gasteiger partial charge in [0.1, 0.15) is 17.1 Å². The number of ether oxygens (including phenoxy) is 1. The van der Waals surface area contributed by atoms with Gasteiger partial charge in [-0.3, -0.25) is 4.98 Å². The summed E-state index contributed by atoms with van der Waals surface area (Å²) in [6.45, 7) is 4.50. The molecule has 28 heavy (non-hydrogen) atoms. The standard InChI is InChI=1S/C24H28N2OS/c1-17-3-2-4-18(13-17)20-14-19-7-10-25-16-23(19)24(15-20)27-21-8-11-26(12-9-21)28-22-5-6-22/h2-3,7,10,13-16,18,21-22H,4-6,8-9,11-12H2,1H3/p+1. The highest BCUT2D eigenvalue weighted by Gasteiger charge is 2.35. The second-order valence-corrected chi connectivity index (χ2v) is 9.92. The van der Waals surface area contributed by atoms with Gasteiger partial charge in [-0.25, -0.2) is 0 Å². The highest BCUT2D eigenvalue weighted by molar-refractivity contribution is 7.77. The van der Waals surface area contributed by atoms with E-state index >= 15 is 0 Å². The van der Waals surface area contributed by atoms with Crippen molar-refractivity contribution in [1.82, 2.24) is 9.29 Å². The maximum absolute atomic E-state index is 6.59. The van der Waals surface area contributed by atoms with Gasteiger partial charge in [-0.1, -0.05) is 29.9 Å². The number of allylic oxidation sites excluding steroid dienone is 4. The van der Waals surface area contributed by atoms with Crippen molar-refractivity contribution in [2.75, 3.05) is 13.1 Å². The fraction of sp³-hybridized carbons (Fsp3) is 0.458. The predicted molar refractivity (Wildman–Crippen MR) is 119 cm³/mol. The summed E-state index contributed by atoms with van der Waals surface area (Å²) in [4.78, 5) is 4.36. The molecule has 2 fully saturated rings. The van der Waals surface area contributed by atoms with Crippen LogP contribution < -0.4 is 4.74 Å². The topological polar surface area (TPSA) is 25.4 Å². The number of benzene rings is 1. The lowest BCUT2D eigenvalue weighted by atomic mass is 9.89. The fourth-order valence-electron chi connectivity index (χ4n) is 4.25. The maximum Gasteiger partial charge on any atom is 0.135 e. The van der Waals surface area contributed by atoms with Crippen LogP contribution in [0.15, 0.2) is 54.4 Å². The molecule has 4 heteroatoms. The largest absolute Gasteiger partial charge is 0.490 e. The van der Waals surface area contributed by atoms with Gasteiger partial charge >= 0.3 is 0 Å². The molecule has 3 aliphatic rings. The Labute approximate surface area is 172 Å². The first-order valence-corrected chi connectivity index (χ1v) is 11.5. The third-order valence-corrected chi connectivity index (χ3v) is 7.56. The van der Waals surface area contributed by atoms with Crippen LogP contribution >= 0.6 is 0 Å². The molecular weight excluding hydrogens is 364 g/mol. The third-order valence-electron chi connectivity index (χ3n) is 5.99. The minimum atomic E-state index is 0.313. The fourth-order valence-corrected chi connectivity index (χ4v) is 5.55. The monoisotopic (exact) mass is 393 g/mol. The van der Waals surface area contributed by atoms with Crippen LogP contribution in [-0.2, 0) is 11.9 Å². The smallest absolute Gasteiger partial charge is 0.135 e. The van der Waals surface area contributed by atoms with E-state index in [0.717, 1.165) is 48.7 Å². The van der Waals surface area contributed by atoms with Crippen molar-refractivity contribution >= 4 is 22.7 Å². The van der Waals surface area contributed by atoms with E-state index in [9.17, 15) is 0 Å². The highest BCUT2D eigenvalue weighted by Crippen LogP contribution is 2.36. The Morgan fingerprint density at radius 1 is 1.14 bits per heavy atom. The molecule has 1 aromatic carbocycles. The number of piperidine rings is 1. The molecule has 2 heterocycles. The molecule has 1 atom stereocenters. The first-order valence-electron chi connectivity index (χ1n) is 10.6. The summed E-state index contributed by atoms with van der Waals surface area (Å²) >= 11 is 1.56. The van der Waals surface area contributed by atoms with E-state index in [0.29, 0.717) is 12.0 Å². The first-order chi connectivity index (χ1) is 13.7. The molecule has 0 amide bonds. The summed E-state index contributed by atoms with van der Waals surface area (Å²) in [7, 11) is 0.